The molecule has 0 saturated carbocycles. The van der Waals surface area contributed by atoms with Crippen LogP contribution in [0.1, 0.15) is 6.92 Å². The van der Waals surface area contributed by atoms with Crippen molar-refractivity contribution in [3.05, 3.63) is 36.4 Å². The Morgan fingerprint density at radius 3 is 1.86 bits per heavy atom. The summed E-state index contributed by atoms with van der Waals surface area (Å²) in [6.45, 7) is 1.43. The Labute approximate surface area is 215 Å². The molecule has 15 heteroatoms. The maximum absolute atomic E-state index is 11.0. The summed E-state index contributed by atoms with van der Waals surface area (Å²) in [4.78, 5) is 46.9. The number of imidazole rings is 2. The molecule has 2 aromatic carbocycles. The number of carbonyl (C=O) groups is 3. The number of H-pyrrole nitrogens is 2. The van der Waals surface area contributed by atoms with E-state index in [1.54, 1.807) is 42.5 Å². The number of methoxy groups -OCH3 is 2. The summed E-state index contributed by atoms with van der Waals surface area (Å²) in [6.07, 6.45) is 4.95. The van der Waals surface area contributed by atoms with Gasteiger partial charge in [0, 0.05) is 18.3 Å². The van der Waals surface area contributed by atoms with Crippen molar-refractivity contribution >= 4 is 75.3 Å². The van der Waals surface area contributed by atoms with Gasteiger partial charge in [-0.3, -0.25) is 15.4 Å². The number of aromatic amines is 2. The summed E-state index contributed by atoms with van der Waals surface area (Å²) in [7, 11) is 2.56. The second kappa shape index (κ2) is 13.7. The van der Waals surface area contributed by atoms with Crippen molar-refractivity contribution in [3.8, 4) is 12.5 Å². The van der Waals surface area contributed by atoms with Gasteiger partial charge >= 0.3 is 12.2 Å². The van der Waals surface area contributed by atoms with Crippen LogP contribution < -0.4 is 21.7 Å². The van der Waals surface area contributed by atoms with Crippen molar-refractivity contribution in [1.82, 2.24) is 19.9 Å². The van der Waals surface area contributed by atoms with Crippen LogP contribution in [0.3, 0.4) is 0 Å². The molecule has 0 spiro atoms. The zero-order valence-electron chi connectivity index (χ0n) is 19.8. The quantitative estimate of drug-likeness (QED) is 0.168. The predicted molar refractivity (Wildman–Crippen MR) is 139 cm³/mol. The van der Waals surface area contributed by atoms with E-state index in [2.05, 4.69) is 67.9 Å². The summed E-state index contributed by atoms with van der Waals surface area (Å²) in [5.74, 6) is 0.473. The monoisotopic (exact) mass is 530 g/mol. The van der Waals surface area contributed by atoms with Gasteiger partial charge in [0.1, 0.15) is 18.0 Å². The van der Waals surface area contributed by atoms with Crippen molar-refractivity contribution < 1.29 is 28.1 Å². The fourth-order valence-corrected chi connectivity index (χ4v) is 2.73. The summed E-state index contributed by atoms with van der Waals surface area (Å²) >= 11 is 4.45. The molecule has 0 bridgehead atoms. The number of benzene rings is 2. The van der Waals surface area contributed by atoms with Crippen molar-refractivity contribution in [1.29, 1.82) is 0 Å². The first kappa shape index (κ1) is 28.1. The molecule has 0 atom stereocenters. The van der Waals surface area contributed by atoms with Crippen LogP contribution in [-0.2, 0) is 18.6 Å². The molecule has 2 aromatic heterocycles. The first-order valence-electron chi connectivity index (χ1n) is 10.1. The number of halogens is 1. The van der Waals surface area contributed by atoms with E-state index >= 15 is 0 Å². The maximum atomic E-state index is 11.0. The number of ether oxygens (including phenoxy) is 2. The van der Waals surface area contributed by atoms with Gasteiger partial charge in [-0.05, 0) is 36.4 Å². The third-order valence-electron chi connectivity index (χ3n) is 4.16. The Morgan fingerprint density at radius 1 is 0.919 bits per heavy atom. The SMILES string of the molecule is C#COCl.COC(=O)Nc1nc2ccc(N)cc2[nH]1.COC(=O)Nc1nc2ccc(NC(C)=O)cc2[nH]1. The van der Waals surface area contributed by atoms with Gasteiger partial charge in [0.05, 0.1) is 36.3 Å². The summed E-state index contributed by atoms with van der Waals surface area (Å²) in [5.41, 5.74) is 9.77. The minimum atomic E-state index is -0.601. The Kier molecular flexibility index (Phi) is 10.4. The van der Waals surface area contributed by atoms with Crippen LogP contribution in [-0.4, -0.2) is 52.2 Å². The number of rotatable bonds is 3. The molecule has 4 aromatic rings. The van der Waals surface area contributed by atoms with Gasteiger partial charge in [-0.15, -0.1) is 0 Å². The summed E-state index contributed by atoms with van der Waals surface area (Å²) in [6, 6.07) is 10.4. The van der Waals surface area contributed by atoms with E-state index in [4.69, 9.17) is 5.73 Å². The normalized spacial score (nSPS) is 9.49. The molecule has 4 rings (SSSR count). The van der Waals surface area contributed by atoms with Gasteiger partial charge in [-0.2, -0.15) is 0 Å². The van der Waals surface area contributed by atoms with E-state index in [0.29, 0.717) is 28.4 Å². The molecule has 2 heterocycles. The van der Waals surface area contributed by atoms with Gasteiger partial charge in [0.2, 0.25) is 17.8 Å². The topological polar surface area (TPSA) is 198 Å². The fourth-order valence-electron chi connectivity index (χ4n) is 2.73. The lowest BCUT2D eigenvalue weighted by Crippen LogP contribution is -2.11. The first-order valence-corrected chi connectivity index (χ1v) is 10.5. The predicted octanol–water partition coefficient (Wildman–Crippen LogP) is 3.77. The molecule has 14 nitrogen and oxygen atoms in total. The molecule has 0 saturated heterocycles. The van der Waals surface area contributed by atoms with E-state index in [1.165, 1.54) is 21.1 Å². The highest BCUT2D eigenvalue weighted by Gasteiger charge is 2.08. The number of hydrogen-bond acceptors (Lipinski definition) is 9. The van der Waals surface area contributed by atoms with E-state index in [-0.39, 0.29) is 11.9 Å². The molecule has 0 radical (unpaired) electrons. The third kappa shape index (κ3) is 8.85. The summed E-state index contributed by atoms with van der Waals surface area (Å²) in [5, 5.41) is 7.52. The Morgan fingerprint density at radius 2 is 1.41 bits per heavy atom. The Balaban J connectivity index is 0.000000230. The van der Waals surface area contributed by atoms with E-state index in [9.17, 15) is 14.4 Å². The number of nitrogen functional groups attached to an aromatic ring is 1. The lowest BCUT2D eigenvalue weighted by molar-refractivity contribution is -0.114. The molecule has 0 aliphatic rings. The molecule has 0 aliphatic carbocycles. The minimum Gasteiger partial charge on any atom is -0.453 e. The standard InChI is InChI=1S/C11H12N4O3.C9H10N4O2.C2HClO/c1-6(16)12-7-3-4-8-9(5-7)14-10(13-8)15-11(17)18-2;1-15-9(14)13-8-11-6-3-2-5(10)4-7(6)12-8;1-2-4-3/h3-5H,1-2H3,(H,12,16)(H2,13,14,15,17);2-4H,10H2,1H3,(H2,11,12,13,14);1H. The average molecular weight is 531 g/mol. The second-order valence-electron chi connectivity index (χ2n) is 6.79. The minimum absolute atomic E-state index is 0.151. The first-order chi connectivity index (χ1) is 17.7. The Hall–Kier alpha value is -5.16. The van der Waals surface area contributed by atoms with Crippen LogP contribution in [0.25, 0.3) is 22.1 Å². The molecule has 7 N–H and O–H groups in total. The largest absolute Gasteiger partial charge is 0.453 e. The number of fused-ring (bicyclic) bond motifs is 2. The summed E-state index contributed by atoms with van der Waals surface area (Å²) < 4.78 is 12.4. The van der Waals surface area contributed by atoms with Gasteiger partial charge in [0.25, 0.3) is 0 Å². The van der Waals surface area contributed by atoms with E-state index < -0.39 is 12.2 Å². The van der Waals surface area contributed by atoms with Crippen LogP contribution in [0.2, 0.25) is 0 Å². The lowest BCUT2D eigenvalue weighted by Gasteiger charge is -2.00. The van der Waals surface area contributed by atoms with Crippen molar-refractivity contribution in [3.63, 3.8) is 0 Å². The van der Waals surface area contributed by atoms with Gasteiger partial charge in [0.15, 0.2) is 0 Å². The van der Waals surface area contributed by atoms with Crippen LogP contribution >= 0.6 is 11.9 Å². The van der Waals surface area contributed by atoms with Gasteiger partial charge in [-0.1, -0.05) is 6.42 Å². The third-order valence-corrected chi connectivity index (χ3v) is 4.25. The highest BCUT2D eigenvalue weighted by atomic mass is 35.5. The van der Waals surface area contributed by atoms with Crippen LogP contribution in [0.5, 0.6) is 0 Å². The molecule has 0 unspecified atom stereocenters. The van der Waals surface area contributed by atoms with Crippen molar-refractivity contribution in [2.75, 3.05) is 35.9 Å². The average Bonchev–Trinajstić information content (AvgIpc) is 3.45. The number of nitrogens with two attached hydrogens (primary N) is 1. The number of carbonyl (C=O) groups excluding carboxylic acids is 3. The van der Waals surface area contributed by atoms with Crippen molar-refractivity contribution in [2.24, 2.45) is 0 Å². The number of amides is 3. The van der Waals surface area contributed by atoms with Gasteiger partial charge < -0.3 is 34.8 Å². The zero-order chi connectivity index (χ0) is 27.4. The van der Waals surface area contributed by atoms with Gasteiger partial charge in [-0.25, -0.2) is 19.6 Å². The highest BCUT2D eigenvalue weighted by molar-refractivity contribution is 6.08. The zero-order valence-corrected chi connectivity index (χ0v) is 20.6. The van der Waals surface area contributed by atoms with Crippen LogP contribution in [0.15, 0.2) is 36.4 Å². The molecule has 37 heavy (non-hydrogen) atoms. The van der Waals surface area contributed by atoms with Crippen LogP contribution in [0, 0.1) is 12.5 Å². The number of nitrogens with zero attached hydrogens (tertiary/aromatic N) is 2. The number of aromatic nitrogens is 4. The molecule has 194 valence electrons. The molecular formula is C22H23ClN8O6. The van der Waals surface area contributed by atoms with Crippen molar-refractivity contribution in [2.45, 2.75) is 6.92 Å². The number of anilines is 4. The fraction of sp³-hybridized carbons (Fsp3) is 0.136. The smallest absolute Gasteiger partial charge is 0.413 e. The molecule has 0 fully saturated rings. The molecular weight excluding hydrogens is 508 g/mol. The maximum Gasteiger partial charge on any atom is 0.413 e. The van der Waals surface area contributed by atoms with E-state index in [1.807, 2.05) is 0 Å². The molecule has 0 aliphatic heterocycles. The second-order valence-corrected chi connectivity index (χ2v) is 6.94. The lowest BCUT2D eigenvalue weighted by atomic mass is 10.3. The van der Waals surface area contributed by atoms with E-state index in [0.717, 1.165) is 11.0 Å². The number of nitrogens with one attached hydrogen (secondary N) is 5. The Bertz CT molecular complexity index is 1430. The number of terminal acetylenes is 1. The van der Waals surface area contributed by atoms with Crippen LogP contribution in [0.4, 0.5) is 32.9 Å². The molecule has 3 amide bonds. The number of hydrogen-bond donors (Lipinski definition) is 6. The highest BCUT2D eigenvalue weighted by Crippen LogP contribution is 2.19.